The molecule has 0 saturated heterocycles. The van der Waals surface area contributed by atoms with Crippen LogP contribution in [-0.2, 0) is 4.74 Å². The van der Waals surface area contributed by atoms with E-state index in [0.717, 1.165) is 31.9 Å². The van der Waals surface area contributed by atoms with Crippen LogP contribution in [0.4, 0.5) is 0 Å². The summed E-state index contributed by atoms with van der Waals surface area (Å²) in [7, 11) is 0. The molecule has 0 spiro atoms. The molecule has 1 aliphatic carbocycles. The van der Waals surface area contributed by atoms with Crippen LogP contribution in [0.5, 0.6) is 0 Å². The summed E-state index contributed by atoms with van der Waals surface area (Å²) in [4.78, 5) is 0. The average molecular weight is 582 g/mol. The Morgan fingerprint density at radius 1 is 0.561 bits per heavy atom. The van der Waals surface area contributed by atoms with E-state index in [1.807, 2.05) is 0 Å². The van der Waals surface area contributed by atoms with Gasteiger partial charge in [-0.3, -0.25) is 5.32 Å². The van der Waals surface area contributed by atoms with E-state index in [-0.39, 0.29) is 0 Å². The van der Waals surface area contributed by atoms with Gasteiger partial charge in [0, 0.05) is 26.4 Å². The van der Waals surface area contributed by atoms with Crippen molar-refractivity contribution in [2.45, 2.75) is 188 Å². The van der Waals surface area contributed by atoms with Crippen molar-refractivity contribution >= 4 is 0 Å². The molecule has 0 amide bonds. The first kappa shape index (κ1) is 38.9. The Labute approximate surface area is 257 Å². The Bertz CT molecular complexity index is 554. The van der Waals surface area contributed by atoms with Gasteiger partial charge in [-0.15, -0.1) is 0 Å². The maximum Gasteiger partial charge on any atom is 0.0965 e. The molecule has 1 rings (SSSR count). The quantitative estimate of drug-likeness (QED) is 0.0583. The van der Waals surface area contributed by atoms with Crippen LogP contribution in [0, 0.1) is 16.7 Å². The van der Waals surface area contributed by atoms with Crippen molar-refractivity contribution in [3.05, 3.63) is 0 Å². The molecule has 41 heavy (non-hydrogen) atoms. The summed E-state index contributed by atoms with van der Waals surface area (Å²) in [6, 6.07) is 0. The van der Waals surface area contributed by atoms with Gasteiger partial charge < -0.3 is 14.9 Å². The topological polar surface area (TPSA) is 61.7 Å². The van der Waals surface area contributed by atoms with Gasteiger partial charge in [0.1, 0.15) is 0 Å². The molecule has 2 unspecified atom stereocenters. The Morgan fingerprint density at radius 3 is 1.44 bits per heavy atom. The van der Waals surface area contributed by atoms with E-state index >= 15 is 0 Å². The Balaban J connectivity index is 2.01. The normalized spacial score (nSPS) is 20.6. The Morgan fingerprint density at radius 2 is 0.976 bits per heavy atom. The van der Waals surface area contributed by atoms with Gasteiger partial charge >= 0.3 is 0 Å². The number of hydrogen-bond donors (Lipinski definition) is 3. The predicted octanol–water partition coefficient (Wildman–Crippen LogP) is 10.3. The van der Waals surface area contributed by atoms with Crippen molar-refractivity contribution in [2.75, 3.05) is 33.1 Å². The first-order valence-corrected chi connectivity index (χ1v) is 18.4. The fourth-order valence-electron chi connectivity index (χ4n) is 7.75. The third kappa shape index (κ3) is 23.9. The number of hydrogen-bond acceptors (Lipinski definition) is 4. The van der Waals surface area contributed by atoms with Gasteiger partial charge in [-0.1, -0.05) is 143 Å². The van der Waals surface area contributed by atoms with Gasteiger partial charge in [0.25, 0.3) is 0 Å². The summed E-state index contributed by atoms with van der Waals surface area (Å²) >= 11 is 0. The minimum atomic E-state index is 0.353. The van der Waals surface area contributed by atoms with Crippen molar-refractivity contribution < 1.29 is 14.9 Å². The lowest BCUT2D eigenvalue weighted by atomic mass is 9.59. The molecule has 0 bridgehead atoms. The van der Waals surface area contributed by atoms with Gasteiger partial charge in [0.2, 0.25) is 0 Å². The molecular formula is C37H75NO3. The molecule has 0 heterocycles. The summed E-state index contributed by atoms with van der Waals surface area (Å²) in [5, 5.41) is 21.3. The molecule has 0 aromatic heterocycles. The minimum absolute atomic E-state index is 0.353. The highest BCUT2D eigenvalue weighted by atomic mass is 16.5. The highest BCUT2D eigenvalue weighted by molar-refractivity contribution is 4.92. The lowest BCUT2D eigenvalue weighted by Gasteiger charge is -2.47. The molecule has 3 N–H and O–H groups in total. The standard InChI is InChI=1S/C37H75NO3/c1-36(2)30-35(32-38-34-41-29-25-21-17-13-9-8-12-16-20-24-28-40)31-37(3,33-36)26-22-18-14-10-6-4-5-7-11-15-19-23-27-39/h35,38-40H,4-34H2,1-3H3. The molecule has 4 heteroatoms. The highest BCUT2D eigenvalue weighted by Crippen LogP contribution is 2.50. The molecule has 0 aromatic carbocycles. The van der Waals surface area contributed by atoms with Gasteiger partial charge in [-0.25, -0.2) is 0 Å². The number of aliphatic hydroxyl groups excluding tert-OH is 2. The predicted molar refractivity (Wildman–Crippen MR) is 178 cm³/mol. The monoisotopic (exact) mass is 582 g/mol. The molecule has 0 aromatic rings. The first-order chi connectivity index (χ1) is 19.9. The van der Waals surface area contributed by atoms with Crippen molar-refractivity contribution in [1.29, 1.82) is 0 Å². The number of ether oxygens (including phenoxy) is 1. The van der Waals surface area contributed by atoms with Gasteiger partial charge in [-0.05, 0) is 61.7 Å². The number of rotatable bonds is 30. The van der Waals surface area contributed by atoms with Crippen LogP contribution in [0.1, 0.15) is 188 Å². The van der Waals surface area contributed by atoms with Crippen molar-refractivity contribution in [2.24, 2.45) is 16.7 Å². The van der Waals surface area contributed by atoms with E-state index in [1.165, 1.54) is 154 Å². The number of nitrogens with one attached hydrogen (secondary N) is 1. The number of unbranched alkanes of at least 4 members (excludes halogenated alkanes) is 20. The van der Waals surface area contributed by atoms with Crippen molar-refractivity contribution in [3.63, 3.8) is 0 Å². The van der Waals surface area contributed by atoms with E-state index in [4.69, 9.17) is 14.9 Å². The fraction of sp³-hybridized carbons (Fsp3) is 1.00. The van der Waals surface area contributed by atoms with Crippen LogP contribution in [0.15, 0.2) is 0 Å². The second-order valence-corrected chi connectivity index (χ2v) is 14.9. The molecule has 246 valence electrons. The molecule has 1 fully saturated rings. The van der Waals surface area contributed by atoms with Crippen LogP contribution < -0.4 is 5.32 Å². The Kier molecular flexibility index (Phi) is 24.9. The summed E-state index contributed by atoms with van der Waals surface area (Å²) < 4.78 is 5.92. The van der Waals surface area contributed by atoms with E-state index in [0.29, 0.717) is 30.8 Å². The summed E-state index contributed by atoms with van der Waals surface area (Å²) in [5.74, 6) is 0.777. The maximum atomic E-state index is 8.85. The molecular weight excluding hydrogens is 506 g/mol. The third-order valence-electron chi connectivity index (χ3n) is 9.55. The zero-order valence-corrected chi connectivity index (χ0v) is 28.3. The summed E-state index contributed by atoms with van der Waals surface area (Å²) in [5.41, 5.74) is 0.960. The van der Waals surface area contributed by atoms with Crippen molar-refractivity contribution in [3.8, 4) is 0 Å². The van der Waals surface area contributed by atoms with Crippen molar-refractivity contribution in [1.82, 2.24) is 5.32 Å². The fourth-order valence-corrected chi connectivity index (χ4v) is 7.75. The molecule has 0 radical (unpaired) electrons. The van der Waals surface area contributed by atoms with E-state index < -0.39 is 0 Å². The van der Waals surface area contributed by atoms with Gasteiger partial charge in [0.05, 0.1) is 6.73 Å². The molecule has 2 atom stereocenters. The lowest BCUT2D eigenvalue weighted by Crippen LogP contribution is -2.40. The molecule has 0 aliphatic heterocycles. The first-order valence-electron chi connectivity index (χ1n) is 18.4. The lowest BCUT2D eigenvalue weighted by molar-refractivity contribution is 0.0381. The van der Waals surface area contributed by atoms with Gasteiger partial charge in [0.15, 0.2) is 0 Å². The zero-order chi connectivity index (χ0) is 29.9. The van der Waals surface area contributed by atoms with Gasteiger partial charge in [-0.2, -0.15) is 0 Å². The summed E-state index contributed by atoms with van der Waals surface area (Å²) in [6.45, 7) is 11.0. The third-order valence-corrected chi connectivity index (χ3v) is 9.55. The van der Waals surface area contributed by atoms with Crippen LogP contribution in [0.3, 0.4) is 0 Å². The second kappa shape index (κ2) is 26.3. The van der Waals surface area contributed by atoms with E-state index in [1.54, 1.807) is 0 Å². The number of aliphatic hydroxyl groups is 2. The van der Waals surface area contributed by atoms with Crippen LogP contribution >= 0.6 is 0 Å². The smallest absolute Gasteiger partial charge is 0.0965 e. The average Bonchev–Trinajstić information content (AvgIpc) is 2.92. The second-order valence-electron chi connectivity index (χ2n) is 14.9. The van der Waals surface area contributed by atoms with E-state index in [9.17, 15) is 0 Å². The van der Waals surface area contributed by atoms with Crippen LogP contribution in [0.2, 0.25) is 0 Å². The van der Waals surface area contributed by atoms with Crippen LogP contribution in [-0.4, -0.2) is 43.3 Å². The zero-order valence-electron chi connectivity index (χ0n) is 28.3. The SMILES string of the molecule is CC1(C)CC(CNCOCCCCCCCCCCCCO)CC(C)(CCCCCCCCCCCCCCO)C1. The molecule has 4 nitrogen and oxygen atoms in total. The largest absolute Gasteiger partial charge is 0.396 e. The highest BCUT2D eigenvalue weighted by Gasteiger charge is 2.40. The van der Waals surface area contributed by atoms with Crippen LogP contribution in [0.25, 0.3) is 0 Å². The maximum absolute atomic E-state index is 8.85. The van der Waals surface area contributed by atoms with E-state index in [2.05, 4.69) is 26.1 Å². The molecule has 1 aliphatic rings. The minimum Gasteiger partial charge on any atom is -0.396 e. The Hall–Kier alpha value is -0.160. The summed E-state index contributed by atoms with van der Waals surface area (Å²) in [6.07, 6.45) is 34.4. The molecule has 1 saturated carbocycles.